The molecule has 0 saturated carbocycles. The number of halogens is 1. The summed E-state index contributed by atoms with van der Waals surface area (Å²) in [6, 6.07) is 12.4. The first-order valence-electron chi connectivity index (χ1n) is 6.98. The summed E-state index contributed by atoms with van der Waals surface area (Å²) in [4.78, 5) is 13.9. The number of anilines is 2. The van der Waals surface area contributed by atoms with Gasteiger partial charge in [0.1, 0.15) is 5.82 Å². The number of rotatable bonds is 4. The fourth-order valence-corrected chi connectivity index (χ4v) is 1.96. The summed E-state index contributed by atoms with van der Waals surface area (Å²) in [5.74, 6) is -0.802. The van der Waals surface area contributed by atoms with Crippen molar-refractivity contribution in [1.29, 1.82) is 0 Å². The Morgan fingerprint density at radius 1 is 1.14 bits per heavy atom. The Balaban J connectivity index is 2.03. The van der Waals surface area contributed by atoms with Crippen molar-refractivity contribution < 1.29 is 9.18 Å². The molecule has 1 amide bonds. The number of amides is 1. The van der Waals surface area contributed by atoms with Gasteiger partial charge >= 0.3 is 0 Å². The van der Waals surface area contributed by atoms with E-state index in [0.29, 0.717) is 0 Å². The first kappa shape index (κ1) is 15.8. The van der Waals surface area contributed by atoms with Gasteiger partial charge in [-0.25, -0.2) is 4.39 Å². The van der Waals surface area contributed by atoms with Crippen LogP contribution in [0.5, 0.6) is 0 Å². The fourth-order valence-electron chi connectivity index (χ4n) is 1.96. The van der Waals surface area contributed by atoms with Crippen LogP contribution in [0.2, 0.25) is 0 Å². The Labute approximate surface area is 130 Å². The van der Waals surface area contributed by atoms with Crippen molar-refractivity contribution in [3.63, 3.8) is 0 Å². The number of nitrogens with zero attached hydrogens (tertiary/aromatic N) is 1. The minimum absolute atomic E-state index is 0.192. The summed E-state index contributed by atoms with van der Waals surface area (Å²) in [5.41, 5.74) is 3.08. The molecule has 0 atom stereocenters. The molecule has 2 aromatic carbocycles. The van der Waals surface area contributed by atoms with Crippen LogP contribution in [0.4, 0.5) is 15.8 Å². The van der Waals surface area contributed by atoms with Gasteiger partial charge in [0.25, 0.3) is 0 Å². The normalized spacial score (nSPS) is 10.7. The maximum absolute atomic E-state index is 13.6. The van der Waals surface area contributed by atoms with E-state index in [1.807, 2.05) is 50.2 Å². The van der Waals surface area contributed by atoms with Gasteiger partial charge in [-0.15, -0.1) is 0 Å². The van der Waals surface area contributed by atoms with Gasteiger partial charge < -0.3 is 10.2 Å². The zero-order valence-electron chi connectivity index (χ0n) is 12.9. The molecule has 0 heterocycles. The molecule has 0 bridgehead atoms. The second-order valence-corrected chi connectivity index (χ2v) is 5.29. The van der Waals surface area contributed by atoms with E-state index in [-0.39, 0.29) is 11.6 Å². The standard InChI is InChI=1S/C18H19FN2O/c1-13-4-10-16(19)17(12-13)20-18(22)11-7-14-5-8-15(9-6-14)21(2)3/h4-12H,1-3H3,(H,20,22)/b11-7+. The van der Waals surface area contributed by atoms with Crippen LogP contribution >= 0.6 is 0 Å². The SMILES string of the molecule is Cc1ccc(F)c(NC(=O)/C=C/c2ccc(N(C)C)cc2)c1. The highest BCUT2D eigenvalue weighted by Gasteiger charge is 2.04. The topological polar surface area (TPSA) is 32.3 Å². The van der Waals surface area contributed by atoms with Crippen LogP contribution in [0.3, 0.4) is 0 Å². The van der Waals surface area contributed by atoms with Crippen molar-refractivity contribution in [2.75, 3.05) is 24.3 Å². The smallest absolute Gasteiger partial charge is 0.248 e. The van der Waals surface area contributed by atoms with Gasteiger partial charge in [-0.3, -0.25) is 4.79 Å². The molecule has 0 aliphatic heterocycles. The second-order valence-electron chi connectivity index (χ2n) is 5.29. The number of carbonyl (C=O) groups excluding carboxylic acids is 1. The van der Waals surface area contributed by atoms with Crippen LogP contribution in [0.1, 0.15) is 11.1 Å². The number of hydrogen-bond acceptors (Lipinski definition) is 2. The molecule has 0 aliphatic carbocycles. The summed E-state index contributed by atoms with van der Waals surface area (Å²) in [7, 11) is 3.93. The largest absolute Gasteiger partial charge is 0.378 e. The summed E-state index contributed by atoms with van der Waals surface area (Å²) in [6.45, 7) is 1.84. The zero-order valence-corrected chi connectivity index (χ0v) is 12.9. The number of benzene rings is 2. The Bertz CT molecular complexity index is 691. The van der Waals surface area contributed by atoms with Gasteiger partial charge in [0.2, 0.25) is 5.91 Å². The van der Waals surface area contributed by atoms with E-state index in [2.05, 4.69) is 5.32 Å². The van der Waals surface area contributed by atoms with Gasteiger partial charge in [-0.05, 0) is 48.4 Å². The third-order valence-electron chi connectivity index (χ3n) is 3.22. The number of hydrogen-bond donors (Lipinski definition) is 1. The van der Waals surface area contributed by atoms with Crippen molar-refractivity contribution in [2.45, 2.75) is 6.92 Å². The summed E-state index contributed by atoms with van der Waals surface area (Å²) in [6.07, 6.45) is 3.09. The molecule has 0 aliphatic rings. The van der Waals surface area contributed by atoms with Gasteiger partial charge in [-0.2, -0.15) is 0 Å². The van der Waals surface area contributed by atoms with E-state index < -0.39 is 5.82 Å². The van der Waals surface area contributed by atoms with Crippen LogP contribution in [-0.4, -0.2) is 20.0 Å². The van der Waals surface area contributed by atoms with Crippen LogP contribution in [-0.2, 0) is 4.79 Å². The van der Waals surface area contributed by atoms with Crippen molar-refractivity contribution in [3.8, 4) is 0 Å². The predicted molar refractivity (Wildman–Crippen MR) is 89.6 cm³/mol. The summed E-state index contributed by atoms with van der Waals surface area (Å²) >= 11 is 0. The number of nitrogens with one attached hydrogen (secondary N) is 1. The third-order valence-corrected chi connectivity index (χ3v) is 3.22. The first-order chi connectivity index (χ1) is 10.5. The molecule has 0 radical (unpaired) electrons. The highest BCUT2D eigenvalue weighted by molar-refractivity contribution is 6.02. The monoisotopic (exact) mass is 298 g/mol. The minimum Gasteiger partial charge on any atom is -0.378 e. The fraction of sp³-hybridized carbons (Fsp3) is 0.167. The summed E-state index contributed by atoms with van der Waals surface area (Å²) < 4.78 is 13.6. The van der Waals surface area contributed by atoms with Crippen molar-refractivity contribution in [2.24, 2.45) is 0 Å². The maximum atomic E-state index is 13.6. The lowest BCUT2D eigenvalue weighted by molar-refractivity contribution is -0.111. The molecule has 0 spiro atoms. The molecule has 114 valence electrons. The Morgan fingerprint density at radius 2 is 1.82 bits per heavy atom. The molecule has 1 N–H and O–H groups in total. The van der Waals surface area contributed by atoms with Gasteiger partial charge in [0.15, 0.2) is 0 Å². The molecule has 0 aromatic heterocycles. The highest BCUT2D eigenvalue weighted by Crippen LogP contribution is 2.16. The molecule has 22 heavy (non-hydrogen) atoms. The Kier molecular flexibility index (Phi) is 4.94. The molecule has 0 saturated heterocycles. The third kappa shape index (κ3) is 4.19. The van der Waals surface area contributed by atoms with E-state index in [1.165, 1.54) is 12.1 Å². The molecule has 0 unspecified atom stereocenters. The highest BCUT2D eigenvalue weighted by atomic mass is 19.1. The van der Waals surface area contributed by atoms with Crippen molar-refractivity contribution >= 4 is 23.4 Å². The average molecular weight is 298 g/mol. The Hall–Kier alpha value is -2.62. The van der Waals surface area contributed by atoms with Crippen molar-refractivity contribution in [3.05, 3.63) is 65.5 Å². The minimum atomic E-state index is -0.442. The van der Waals surface area contributed by atoms with Crippen LogP contribution in [0.25, 0.3) is 6.08 Å². The molecule has 4 heteroatoms. The second kappa shape index (κ2) is 6.89. The predicted octanol–water partition coefficient (Wildman–Crippen LogP) is 3.85. The lowest BCUT2D eigenvalue weighted by Crippen LogP contribution is -2.09. The van der Waals surface area contributed by atoms with Gasteiger partial charge in [0, 0.05) is 25.9 Å². The molecule has 2 aromatic rings. The van der Waals surface area contributed by atoms with E-state index in [0.717, 1.165) is 16.8 Å². The lowest BCUT2D eigenvalue weighted by Gasteiger charge is -2.11. The zero-order chi connectivity index (χ0) is 16.1. The molecule has 3 nitrogen and oxygen atoms in total. The van der Waals surface area contributed by atoms with E-state index in [1.54, 1.807) is 18.2 Å². The van der Waals surface area contributed by atoms with E-state index >= 15 is 0 Å². The van der Waals surface area contributed by atoms with Gasteiger partial charge in [0.05, 0.1) is 5.69 Å². The number of carbonyl (C=O) groups is 1. The van der Waals surface area contributed by atoms with Gasteiger partial charge in [-0.1, -0.05) is 18.2 Å². The first-order valence-corrected chi connectivity index (χ1v) is 6.98. The molecular weight excluding hydrogens is 279 g/mol. The molecule has 0 fully saturated rings. The van der Waals surface area contributed by atoms with E-state index in [9.17, 15) is 9.18 Å². The maximum Gasteiger partial charge on any atom is 0.248 e. The molecular formula is C18H19FN2O. The average Bonchev–Trinajstić information content (AvgIpc) is 2.49. The van der Waals surface area contributed by atoms with E-state index in [4.69, 9.17) is 0 Å². The van der Waals surface area contributed by atoms with Crippen LogP contribution < -0.4 is 10.2 Å². The van der Waals surface area contributed by atoms with Crippen molar-refractivity contribution in [1.82, 2.24) is 0 Å². The summed E-state index contributed by atoms with van der Waals surface area (Å²) in [5, 5.41) is 2.54. The quantitative estimate of drug-likeness (QED) is 0.870. The van der Waals surface area contributed by atoms with Crippen LogP contribution in [0, 0.1) is 12.7 Å². The molecule has 2 rings (SSSR count). The lowest BCUT2D eigenvalue weighted by atomic mass is 10.2. The Morgan fingerprint density at radius 3 is 2.45 bits per heavy atom. The number of aryl methyl sites for hydroxylation is 1. The van der Waals surface area contributed by atoms with Crippen LogP contribution in [0.15, 0.2) is 48.5 Å².